The van der Waals surface area contributed by atoms with Gasteiger partial charge >= 0.3 is 0 Å². The van der Waals surface area contributed by atoms with Crippen molar-refractivity contribution in [1.82, 2.24) is 9.97 Å². The molecule has 0 aliphatic carbocycles. The Hall–Kier alpha value is -6.07. The van der Waals surface area contributed by atoms with E-state index in [-0.39, 0.29) is 26.8 Å². The van der Waals surface area contributed by atoms with E-state index in [4.69, 9.17) is 14.5 Å². The van der Waals surface area contributed by atoms with Gasteiger partial charge < -0.3 is 19.4 Å². The monoisotopic (exact) mass is 901 g/mol. The predicted octanol–water partition coefficient (Wildman–Crippen LogP) is 10.4. The third-order valence-electron chi connectivity index (χ3n) is 10.5. The molecule has 0 atom stereocenters. The van der Waals surface area contributed by atoms with Crippen LogP contribution in [0.15, 0.2) is 152 Å². The fraction of sp³-hybridized carbons (Fsp3) is 0.0800. The van der Waals surface area contributed by atoms with Crippen molar-refractivity contribution in [2.24, 2.45) is 0 Å². The Balaban J connectivity index is 0.000000179. The maximum absolute atomic E-state index is 6.53. The molecule has 2 aliphatic heterocycles. The Labute approximate surface area is 342 Å². The maximum Gasteiger partial charge on any atom is 0.241 e. The Morgan fingerprint density at radius 3 is 2.02 bits per heavy atom. The summed E-state index contributed by atoms with van der Waals surface area (Å²) < 4.78 is 12.8. The van der Waals surface area contributed by atoms with Crippen LogP contribution in [0.2, 0.25) is 0 Å². The van der Waals surface area contributed by atoms with Crippen LogP contribution in [0.4, 0.5) is 0 Å². The molecule has 4 heterocycles. The van der Waals surface area contributed by atoms with Crippen LogP contribution in [0.1, 0.15) is 22.3 Å². The number of ether oxygens (including phenoxy) is 2. The molecule has 0 saturated carbocycles. The first-order chi connectivity index (χ1) is 26.9. The van der Waals surface area contributed by atoms with Crippen LogP contribution >= 0.6 is 0 Å². The maximum atomic E-state index is 6.53. The Bertz CT molecular complexity index is 2680. The smallest absolute Gasteiger partial charge is 0.241 e. The summed E-state index contributed by atoms with van der Waals surface area (Å²) in [5.41, 5.74) is 16.7. The molecule has 6 heteroatoms. The van der Waals surface area contributed by atoms with E-state index in [2.05, 4.69) is 136 Å². The third-order valence-corrected chi connectivity index (χ3v) is 10.5. The van der Waals surface area contributed by atoms with Crippen molar-refractivity contribution in [3.8, 4) is 67.8 Å². The zero-order chi connectivity index (χ0) is 37.5. The van der Waals surface area contributed by atoms with E-state index in [1.807, 2.05) is 60.9 Å². The normalized spacial score (nSPS) is 11.7. The summed E-state index contributed by atoms with van der Waals surface area (Å²) in [5.74, 6) is 3.37. The van der Waals surface area contributed by atoms with Gasteiger partial charge in [-0.05, 0) is 94.8 Å². The van der Waals surface area contributed by atoms with Crippen molar-refractivity contribution < 1.29 is 29.6 Å². The molecule has 2 aliphatic rings. The van der Waals surface area contributed by atoms with Gasteiger partial charge in [-0.25, -0.2) is 0 Å². The van der Waals surface area contributed by atoms with Gasteiger partial charge in [0, 0.05) is 43.7 Å². The summed E-state index contributed by atoms with van der Waals surface area (Å²) in [6.07, 6.45) is 3.89. The van der Waals surface area contributed by atoms with Gasteiger partial charge in [-0.15, -0.1) is 59.1 Å². The van der Waals surface area contributed by atoms with Gasteiger partial charge in [-0.2, -0.15) is 0 Å². The van der Waals surface area contributed by atoms with E-state index >= 15 is 0 Å². The van der Waals surface area contributed by atoms with Crippen LogP contribution in [0, 0.1) is 39.8 Å². The summed E-state index contributed by atoms with van der Waals surface area (Å²) >= 11 is 0. The molecular formula is C50H37BIrN2O2-2. The van der Waals surface area contributed by atoms with Crippen molar-refractivity contribution >= 4 is 23.1 Å². The van der Waals surface area contributed by atoms with Gasteiger partial charge in [-0.1, -0.05) is 103 Å². The fourth-order valence-corrected chi connectivity index (χ4v) is 7.75. The Morgan fingerprint density at radius 1 is 0.554 bits per heavy atom. The van der Waals surface area contributed by atoms with E-state index in [9.17, 15) is 0 Å². The van der Waals surface area contributed by atoms with Crippen molar-refractivity contribution in [2.75, 3.05) is 0 Å². The molecule has 8 aromatic rings. The fourth-order valence-electron chi connectivity index (χ4n) is 7.75. The van der Waals surface area contributed by atoms with Crippen molar-refractivity contribution in [1.29, 1.82) is 0 Å². The van der Waals surface area contributed by atoms with E-state index in [1.54, 1.807) is 0 Å². The molecule has 4 nitrogen and oxygen atoms in total. The quantitative estimate of drug-likeness (QED) is 0.130. The second-order valence-corrected chi connectivity index (χ2v) is 14.2. The topological polar surface area (TPSA) is 44.2 Å². The Kier molecular flexibility index (Phi) is 10.3. The molecule has 0 fully saturated rings. The van der Waals surface area contributed by atoms with E-state index < -0.39 is 0 Å². The number of hydrogen-bond acceptors (Lipinski definition) is 4. The SMILES string of the molecule is Cc1c[c-]c(-c2cc(-c3ccccc3)c(C)cn2)cc1.Cc1cccc(C)c1-c1ccc(-c2[c-]ccc3c2Oc2cccc4c2B3c2ccccc2O4)nc1.[Ir]. The molecule has 1 radical (unpaired) electrons. The largest absolute Gasteiger partial charge is 0.503 e. The number of hydrogen-bond donors (Lipinski definition) is 0. The number of pyridine rings is 2. The van der Waals surface area contributed by atoms with Crippen LogP contribution in [0.5, 0.6) is 23.0 Å². The number of para-hydroxylation sites is 1. The number of aromatic nitrogens is 2. The molecule has 0 spiro atoms. The van der Waals surface area contributed by atoms with Crippen LogP contribution < -0.4 is 25.9 Å². The molecule has 6 aromatic carbocycles. The third kappa shape index (κ3) is 6.87. The minimum atomic E-state index is 0. The van der Waals surface area contributed by atoms with Crippen LogP contribution in [-0.4, -0.2) is 16.7 Å². The number of rotatable bonds is 4. The summed E-state index contributed by atoms with van der Waals surface area (Å²) in [7, 11) is 0. The number of aryl methyl sites for hydroxylation is 4. The molecule has 0 saturated heterocycles. The molecule has 0 bridgehead atoms. The summed E-state index contributed by atoms with van der Waals surface area (Å²) in [6.45, 7) is 8.49. The van der Waals surface area contributed by atoms with Crippen molar-refractivity contribution in [3.05, 3.63) is 186 Å². The standard InChI is InChI=1S/C31H21BNO2.C19H16N.Ir/c1-19-8-5-9-20(2)29(19)21-16-17-25(33-18-21)22-10-6-12-24-31(22)35-28-15-7-14-27-30(28)32(24)23-11-3-4-13-26(23)34-27;1-14-8-10-17(11-9-14)19-12-18(15(2)13-20-19)16-6-4-3-5-7-16;/h3-9,11-18H,1-2H3;3-10,12-13H,1-2H3;/q2*-1;. The molecule has 273 valence electrons. The minimum absolute atomic E-state index is 0. The second kappa shape index (κ2) is 15.6. The van der Waals surface area contributed by atoms with Crippen molar-refractivity contribution in [3.63, 3.8) is 0 Å². The molecule has 2 aromatic heterocycles. The molecule has 56 heavy (non-hydrogen) atoms. The summed E-state index contributed by atoms with van der Waals surface area (Å²) in [5, 5.41) is 0. The van der Waals surface area contributed by atoms with Gasteiger partial charge in [-0.3, -0.25) is 0 Å². The predicted molar refractivity (Wildman–Crippen MR) is 225 cm³/mol. The molecule has 10 rings (SSSR count). The van der Waals surface area contributed by atoms with E-state index in [0.29, 0.717) is 0 Å². The van der Waals surface area contributed by atoms with Crippen molar-refractivity contribution in [2.45, 2.75) is 27.7 Å². The first kappa shape index (κ1) is 36.9. The van der Waals surface area contributed by atoms with Crippen LogP contribution in [-0.2, 0) is 20.1 Å². The van der Waals surface area contributed by atoms with Gasteiger partial charge in [0.25, 0.3) is 0 Å². The van der Waals surface area contributed by atoms with E-state index in [1.165, 1.54) is 38.9 Å². The van der Waals surface area contributed by atoms with Gasteiger partial charge in [0.2, 0.25) is 6.71 Å². The first-order valence-corrected chi connectivity index (χ1v) is 18.6. The number of nitrogens with zero attached hydrogens (tertiary/aromatic N) is 2. The first-order valence-electron chi connectivity index (χ1n) is 18.6. The zero-order valence-corrected chi connectivity index (χ0v) is 34.0. The number of fused-ring (bicyclic) bond motifs is 4. The van der Waals surface area contributed by atoms with Crippen LogP contribution in [0.25, 0.3) is 44.8 Å². The summed E-state index contributed by atoms with van der Waals surface area (Å²) in [6, 6.07) is 54.4. The minimum Gasteiger partial charge on any atom is -0.503 e. The molecular weight excluding hydrogens is 864 g/mol. The second-order valence-electron chi connectivity index (χ2n) is 14.2. The molecule has 0 N–H and O–H groups in total. The van der Waals surface area contributed by atoms with Gasteiger partial charge in [0.15, 0.2) is 0 Å². The van der Waals surface area contributed by atoms with E-state index in [0.717, 1.165) is 67.5 Å². The zero-order valence-electron chi connectivity index (χ0n) is 31.6. The van der Waals surface area contributed by atoms with Gasteiger partial charge in [0.1, 0.15) is 17.2 Å². The molecule has 0 amide bonds. The van der Waals surface area contributed by atoms with Gasteiger partial charge in [0.05, 0.1) is 0 Å². The Morgan fingerprint density at radius 2 is 1.27 bits per heavy atom. The molecule has 0 unspecified atom stereocenters. The summed E-state index contributed by atoms with van der Waals surface area (Å²) in [4.78, 5) is 9.40. The average Bonchev–Trinajstić information content (AvgIpc) is 3.22. The van der Waals surface area contributed by atoms with Crippen LogP contribution in [0.3, 0.4) is 0 Å². The average molecular weight is 901 g/mol. The number of benzene rings is 6.